The quantitative estimate of drug-likeness (QED) is 0.470. The fourth-order valence-electron chi connectivity index (χ4n) is 2.95. The molecule has 0 saturated carbocycles. The molecule has 1 aliphatic carbocycles. The molecule has 82 valence electrons. The Balaban J connectivity index is 0.00000128. The number of rotatable bonds is 0. The Labute approximate surface area is 143 Å². The van der Waals surface area contributed by atoms with Crippen LogP contribution in [0.4, 0.5) is 0 Å². The van der Waals surface area contributed by atoms with Crippen LogP contribution in [0.15, 0.2) is 18.2 Å². The second kappa shape index (κ2) is 4.20. The van der Waals surface area contributed by atoms with Gasteiger partial charge in [0.05, 0.1) is 0 Å². The summed E-state index contributed by atoms with van der Waals surface area (Å²) >= 11 is 0. The van der Waals surface area contributed by atoms with Crippen LogP contribution in [0.3, 0.4) is 0 Å². The van der Waals surface area contributed by atoms with Crippen molar-refractivity contribution in [2.24, 2.45) is 5.41 Å². The average Bonchev–Trinajstić information content (AvgIpc) is 2.26. The van der Waals surface area contributed by atoms with Crippen molar-refractivity contribution in [1.29, 1.82) is 0 Å². The molecule has 0 amide bonds. The normalized spacial score (nSPS) is 23.4. The summed E-state index contributed by atoms with van der Waals surface area (Å²) < 4.78 is 0. The molecule has 0 aliphatic heterocycles. The molecule has 0 aromatic heterocycles. The fraction of sp³-hybridized carbons (Fsp3) is 0.600. The molecule has 0 fully saturated rings. The first-order valence-electron chi connectivity index (χ1n) is 5.74. The Kier molecular flexibility index (Phi) is 3.92. The van der Waals surface area contributed by atoms with Gasteiger partial charge in [0.15, 0.2) is 0 Å². The number of hydrogen-bond donors (Lipinski definition) is 0. The summed E-state index contributed by atoms with van der Waals surface area (Å²) in [5.41, 5.74) is 3.71. The molecule has 0 saturated heterocycles. The molecule has 16 heavy (non-hydrogen) atoms. The molecule has 0 heterocycles. The van der Waals surface area contributed by atoms with E-state index in [2.05, 4.69) is 59.7 Å². The zero-order valence-electron chi connectivity index (χ0n) is 11.7. The molecule has 0 bridgehead atoms. The van der Waals surface area contributed by atoms with Crippen molar-refractivity contribution in [1.82, 2.24) is 0 Å². The molecule has 1 aromatic carbocycles. The first-order chi connectivity index (χ1) is 6.73. The Bertz CT molecular complexity index is 363. The maximum Gasteiger partial charge on any atom is 1.00 e. The maximum absolute atomic E-state index is 3.22. The summed E-state index contributed by atoms with van der Waals surface area (Å²) in [5, 5.41) is 0. The van der Waals surface area contributed by atoms with Crippen LogP contribution < -0.4 is 51.4 Å². The van der Waals surface area contributed by atoms with Gasteiger partial charge in [-0.25, -0.2) is 0 Å². The van der Waals surface area contributed by atoms with Gasteiger partial charge in [0.25, 0.3) is 0 Å². The first-order valence-corrected chi connectivity index (χ1v) is 5.74. The van der Waals surface area contributed by atoms with Gasteiger partial charge in [-0.1, -0.05) is 41.5 Å². The minimum absolute atomic E-state index is 0. The molecule has 1 heteroatoms. The van der Waals surface area contributed by atoms with Gasteiger partial charge >= 0.3 is 51.4 Å². The van der Waals surface area contributed by atoms with E-state index in [1.54, 1.807) is 0 Å². The molecule has 2 rings (SSSR count). The topological polar surface area (TPSA) is 0 Å². The molecule has 0 nitrogen and oxygen atoms in total. The van der Waals surface area contributed by atoms with Gasteiger partial charge in [0.2, 0.25) is 0 Å². The fourth-order valence-corrected chi connectivity index (χ4v) is 2.95. The molecular formula is C15H21K. The molecule has 1 aliphatic rings. The summed E-state index contributed by atoms with van der Waals surface area (Å²) in [6.45, 7) is 14.2. The van der Waals surface area contributed by atoms with Crippen molar-refractivity contribution in [3.63, 3.8) is 0 Å². The zero-order chi connectivity index (χ0) is 11.5. The van der Waals surface area contributed by atoms with Crippen LogP contribution >= 0.6 is 0 Å². The summed E-state index contributed by atoms with van der Waals surface area (Å²) in [5.74, 6) is 0. The van der Waals surface area contributed by atoms with E-state index in [-0.39, 0.29) is 67.6 Å². The van der Waals surface area contributed by atoms with Gasteiger partial charge in [-0.15, -0.1) is 11.1 Å². The smallest absolute Gasteiger partial charge is 0.184 e. The van der Waals surface area contributed by atoms with Gasteiger partial charge in [-0.05, 0) is 16.2 Å². The van der Waals surface area contributed by atoms with Crippen molar-refractivity contribution < 1.29 is 51.4 Å². The largest absolute Gasteiger partial charge is 1.00 e. The van der Waals surface area contributed by atoms with E-state index in [0.717, 1.165) is 0 Å². The van der Waals surface area contributed by atoms with E-state index in [4.69, 9.17) is 0 Å². The van der Waals surface area contributed by atoms with Gasteiger partial charge < -0.3 is 0 Å². The van der Waals surface area contributed by atoms with Crippen molar-refractivity contribution >= 4 is 0 Å². The van der Waals surface area contributed by atoms with Crippen LogP contribution in [-0.4, -0.2) is 0 Å². The van der Waals surface area contributed by atoms with E-state index < -0.39 is 0 Å². The van der Waals surface area contributed by atoms with Gasteiger partial charge in [-0.2, -0.15) is 24.3 Å². The Hall–Kier alpha value is 0.856. The third kappa shape index (κ3) is 1.63. The Morgan fingerprint density at radius 2 is 1.38 bits per heavy atom. The molecule has 1 aromatic rings. The van der Waals surface area contributed by atoms with Crippen LogP contribution in [0.2, 0.25) is 0 Å². The van der Waals surface area contributed by atoms with Crippen LogP contribution in [0.5, 0.6) is 0 Å². The molecular weight excluding hydrogens is 219 g/mol. The van der Waals surface area contributed by atoms with Crippen LogP contribution in [0.25, 0.3) is 0 Å². The molecule has 0 N–H and O–H groups in total. The zero-order valence-corrected chi connectivity index (χ0v) is 14.9. The molecule has 0 spiro atoms. The minimum atomic E-state index is 0. The van der Waals surface area contributed by atoms with E-state index in [9.17, 15) is 0 Å². The molecule has 0 atom stereocenters. The summed E-state index contributed by atoms with van der Waals surface area (Å²) in [7, 11) is 0. The van der Waals surface area contributed by atoms with Crippen molar-refractivity contribution in [3.05, 3.63) is 35.4 Å². The van der Waals surface area contributed by atoms with Gasteiger partial charge in [0.1, 0.15) is 0 Å². The van der Waals surface area contributed by atoms with E-state index in [1.165, 1.54) is 11.1 Å². The standard InChI is InChI=1S/C15H21.K/c1-13(2)11-9-7-8-10-12(11)14(3,4)15(13,5)6;/h7,9-10H,1-6H3;/q-1;+1. The predicted molar refractivity (Wildman–Crippen MR) is 65.1 cm³/mol. The second-order valence-corrected chi connectivity index (χ2v) is 6.35. The number of fused-ring (bicyclic) bond motifs is 1. The monoisotopic (exact) mass is 240 g/mol. The number of benzene rings is 1. The summed E-state index contributed by atoms with van der Waals surface area (Å²) in [4.78, 5) is 0. The molecule has 0 radical (unpaired) electrons. The van der Waals surface area contributed by atoms with Gasteiger partial charge in [-0.3, -0.25) is 0 Å². The van der Waals surface area contributed by atoms with Crippen LogP contribution in [0.1, 0.15) is 52.7 Å². The average molecular weight is 240 g/mol. The van der Waals surface area contributed by atoms with E-state index in [1.807, 2.05) is 6.07 Å². The first kappa shape index (κ1) is 14.9. The predicted octanol–water partition coefficient (Wildman–Crippen LogP) is 1.09. The summed E-state index contributed by atoms with van der Waals surface area (Å²) in [6.07, 6.45) is 0. The Morgan fingerprint density at radius 3 is 1.88 bits per heavy atom. The van der Waals surface area contributed by atoms with Crippen molar-refractivity contribution in [2.45, 2.75) is 52.4 Å². The van der Waals surface area contributed by atoms with Crippen molar-refractivity contribution in [2.75, 3.05) is 0 Å². The number of hydrogen-bond acceptors (Lipinski definition) is 0. The SMILES string of the molecule is CC1(C)c2c[c-]ccc2C(C)(C)C1(C)C.[K+]. The molecule has 0 unspecified atom stereocenters. The van der Waals surface area contributed by atoms with Crippen molar-refractivity contribution in [3.8, 4) is 0 Å². The Morgan fingerprint density at radius 1 is 0.875 bits per heavy atom. The minimum Gasteiger partial charge on any atom is -0.184 e. The maximum atomic E-state index is 3.22. The third-order valence-electron chi connectivity index (χ3n) is 5.34. The second-order valence-electron chi connectivity index (χ2n) is 6.35. The van der Waals surface area contributed by atoms with E-state index >= 15 is 0 Å². The van der Waals surface area contributed by atoms with Crippen LogP contribution in [0, 0.1) is 11.5 Å². The summed E-state index contributed by atoms with van der Waals surface area (Å²) in [6, 6.07) is 9.68. The van der Waals surface area contributed by atoms with Crippen LogP contribution in [-0.2, 0) is 10.8 Å². The van der Waals surface area contributed by atoms with E-state index in [0.29, 0.717) is 0 Å². The third-order valence-corrected chi connectivity index (χ3v) is 5.34. The van der Waals surface area contributed by atoms with Gasteiger partial charge in [0, 0.05) is 0 Å².